The Balaban J connectivity index is 1.43. The average molecular weight is 403 g/mol. The minimum atomic E-state index is 0.0156. The molecule has 0 aliphatic heterocycles. The number of benzene rings is 1. The quantitative estimate of drug-likeness (QED) is 0.436. The lowest BCUT2D eigenvalue weighted by atomic mass is 10.1. The second-order valence-electron chi connectivity index (χ2n) is 6.14. The number of anilines is 1. The second kappa shape index (κ2) is 7.69. The number of methoxy groups -OCH3 is 1. The van der Waals surface area contributed by atoms with Crippen LogP contribution >= 0.6 is 23.1 Å². The number of thioether (sulfide) groups is 1. The van der Waals surface area contributed by atoms with Crippen molar-refractivity contribution in [1.82, 2.24) is 15.4 Å². The molecule has 0 atom stereocenters. The van der Waals surface area contributed by atoms with Crippen molar-refractivity contribution in [3.05, 3.63) is 36.1 Å². The lowest BCUT2D eigenvalue weighted by Gasteiger charge is -2.15. The van der Waals surface area contributed by atoms with Gasteiger partial charge in [-0.2, -0.15) is 0 Å². The summed E-state index contributed by atoms with van der Waals surface area (Å²) in [6, 6.07) is 9.87. The average Bonchev–Trinajstić information content (AvgIpc) is 3.19. The molecule has 1 fully saturated rings. The molecule has 140 valence electrons. The van der Waals surface area contributed by atoms with Crippen molar-refractivity contribution >= 4 is 34.1 Å². The largest absolute Gasteiger partial charge is 0.496 e. The molecular weight excluding hydrogens is 384 g/mol. The Bertz CT molecular complexity index is 951. The van der Waals surface area contributed by atoms with Crippen LogP contribution in [0.4, 0.5) is 5.13 Å². The maximum atomic E-state index is 11.8. The van der Waals surface area contributed by atoms with Crippen LogP contribution in [-0.2, 0) is 10.5 Å². The SMILES string of the molecule is COc1ccccc1-c1cc(CSc2nnc(N(C(C)=O)C3CC3)s2)on1. The number of aromatic nitrogens is 3. The van der Waals surface area contributed by atoms with Gasteiger partial charge in [-0.3, -0.25) is 9.69 Å². The van der Waals surface area contributed by atoms with Gasteiger partial charge in [0, 0.05) is 24.6 Å². The van der Waals surface area contributed by atoms with E-state index < -0.39 is 0 Å². The summed E-state index contributed by atoms with van der Waals surface area (Å²) >= 11 is 2.95. The number of nitrogens with zero attached hydrogens (tertiary/aromatic N) is 4. The maximum Gasteiger partial charge on any atom is 0.225 e. The van der Waals surface area contributed by atoms with Gasteiger partial charge in [-0.25, -0.2) is 0 Å². The Hall–Kier alpha value is -2.39. The van der Waals surface area contributed by atoms with Gasteiger partial charge in [0.1, 0.15) is 17.2 Å². The summed E-state index contributed by atoms with van der Waals surface area (Å²) in [5.74, 6) is 2.09. The number of para-hydroxylation sites is 1. The first kappa shape index (κ1) is 18.0. The number of rotatable bonds is 7. The van der Waals surface area contributed by atoms with Gasteiger partial charge in [0.25, 0.3) is 0 Å². The first-order chi connectivity index (χ1) is 13.2. The highest BCUT2D eigenvalue weighted by Crippen LogP contribution is 2.37. The van der Waals surface area contributed by atoms with Crippen LogP contribution in [0.15, 0.2) is 39.2 Å². The first-order valence-electron chi connectivity index (χ1n) is 8.51. The smallest absolute Gasteiger partial charge is 0.225 e. The zero-order valence-corrected chi connectivity index (χ0v) is 16.5. The van der Waals surface area contributed by atoms with Crippen LogP contribution in [0.3, 0.4) is 0 Å². The van der Waals surface area contributed by atoms with Crippen LogP contribution in [0.1, 0.15) is 25.5 Å². The summed E-state index contributed by atoms with van der Waals surface area (Å²) < 4.78 is 11.6. The Labute approximate surface area is 164 Å². The standard InChI is InChI=1S/C18H18N4O3S2/c1-11(23)22(12-7-8-12)17-19-20-18(27-17)26-10-13-9-15(21-25-13)14-5-3-4-6-16(14)24-2/h3-6,9,12H,7-8,10H2,1-2H3. The molecular formula is C18H18N4O3S2. The van der Waals surface area contributed by atoms with Crippen molar-refractivity contribution in [2.45, 2.75) is 35.9 Å². The molecule has 1 aromatic carbocycles. The summed E-state index contributed by atoms with van der Waals surface area (Å²) in [5, 5.41) is 13.2. The number of amides is 1. The van der Waals surface area contributed by atoms with E-state index in [0.29, 0.717) is 10.9 Å². The fraction of sp³-hybridized carbons (Fsp3) is 0.333. The molecule has 2 heterocycles. The van der Waals surface area contributed by atoms with E-state index in [0.717, 1.165) is 39.9 Å². The predicted octanol–water partition coefficient (Wildman–Crippen LogP) is 4.01. The van der Waals surface area contributed by atoms with Gasteiger partial charge >= 0.3 is 0 Å². The summed E-state index contributed by atoms with van der Waals surface area (Å²) in [5.41, 5.74) is 1.62. The van der Waals surface area contributed by atoms with E-state index in [1.807, 2.05) is 30.3 Å². The third kappa shape index (κ3) is 3.98. The summed E-state index contributed by atoms with van der Waals surface area (Å²) in [6.07, 6.45) is 2.07. The normalized spacial score (nSPS) is 13.6. The highest BCUT2D eigenvalue weighted by Gasteiger charge is 2.34. The molecule has 27 heavy (non-hydrogen) atoms. The highest BCUT2D eigenvalue weighted by molar-refractivity contribution is 8.00. The van der Waals surface area contributed by atoms with Crippen molar-refractivity contribution in [3.63, 3.8) is 0 Å². The summed E-state index contributed by atoms with van der Waals surface area (Å²) in [6.45, 7) is 1.57. The van der Waals surface area contributed by atoms with Crippen LogP contribution in [0, 0.1) is 0 Å². The summed E-state index contributed by atoms with van der Waals surface area (Å²) in [4.78, 5) is 13.6. The van der Waals surface area contributed by atoms with Gasteiger partial charge in [0.05, 0.1) is 12.9 Å². The van der Waals surface area contributed by atoms with Crippen molar-refractivity contribution in [2.24, 2.45) is 0 Å². The zero-order valence-electron chi connectivity index (χ0n) is 14.9. The molecule has 7 nitrogen and oxygen atoms in total. The van der Waals surface area contributed by atoms with Crippen molar-refractivity contribution in [2.75, 3.05) is 12.0 Å². The predicted molar refractivity (Wildman–Crippen MR) is 104 cm³/mol. The van der Waals surface area contributed by atoms with E-state index >= 15 is 0 Å². The molecule has 1 saturated carbocycles. The Morgan fingerprint density at radius 1 is 1.37 bits per heavy atom. The molecule has 0 N–H and O–H groups in total. The van der Waals surface area contributed by atoms with E-state index in [1.54, 1.807) is 18.9 Å². The lowest BCUT2D eigenvalue weighted by Crippen LogP contribution is -2.30. The topological polar surface area (TPSA) is 81.4 Å². The molecule has 9 heteroatoms. The van der Waals surface area contributed by atoms with E-state index in [2.05, 4.69) is 15.4 Å². The van der Waals surface area contributed by atoms with E-state index in [1.165, 1.54) is 23.1 Å². The molecule has 1 aliphatic rings. The Kier molecular flexibility index (Phi) is 5.13. The van der Waals surface area contributed by atoms with Gasteiger partial charge in [-0.05, 0) is 25.0 Å². The number of hydrogen-bond donors (Lipinski definition) is 0. The molecule has 4 rings (SSSR count). The number of hydrogen-bond acceptors (Lipinski definition) is 8. The third-order valence-corrected chi connectivity index (χ3v) is 6.21. The van der Waals surface area contributed by atoms with Crippen LogP contribution in [-0.4, -0.2) is 34.4 Å². The molecule has 0 bridgehead atoms. The highest BCUT2D eigenvalue weighted by atomic mass is 32.2. The molecule has 1 aliphatic carbocycles. The fourth-order valence-electron chi connectivity index (χ4n) is 2.74. The fourth-order valence-corrected chi connectivity index (χ4v) is 4.57. The zero-order chi connectivity index (χ0) is 18.8. The molecule has 0 radical (unpaired) electrons. The molecule has 2 aromatic heterocycles. The number of carbonyl (C=O) groups excluding carboxylic acids is 1. The van der Waals surface area contributed by atoms with Gasteiger partial charge in [0.15, 0.2) is 4.34 Å². The van der Waals surface area contributed by atoms with Gasteiger partial charge < -0.3 is 9.26 Å². The van der Waals surface area contributed by atoms with E-state index in [-0.39, 0.29) is 11.9 Å². The van der Waals surface area contributed by atoms with Gasteiger partial charge in [0.2, 0.25) is 11.0 Å². The van der Waals surface area contributed by atoms with Crippen LogP contribution < -0.4 is 9.64 Å². The monoisotopic (exact) mass is 402 g/mol. The minimum Gasteiger partial charge on any atom is -0.496 e. The van der Waals surface area contributed by atoms with Crippen LogP contribution in [0.5, 0.6) is 5.75 Å². The van der Waals surface area contributed by atoms with Gasteiger partial charge in [-0.1, -0.05) is 40.4 Å². The minimum absolute atomic E-state index is 0.0156. The maximum absolute atomic E-state index is 11.8. The molecule has 1 amide bonds. The molecule has 0 spiro atoms. The van der Waals surface area contributed by atoms with Crippen molar-refractivity contribution in [1.29, 1.82) is 0 Å². The van der Waals surface area contributed by atoms with Crippen molar-refractivity contribution in [3.8, 4) is 17.0 Å². The van der Waals surface area contributed by atoms with Crippen LogP contribution in [0.2, 0.25) is 0 Å². The van der Waals surface area contributed by atoms with Gasteiger partial charge in [-0.15, -0.1) is 10.2 Å². The van der Waals surface area contributed by atoms with E-state index in [4.69, 9.17) is 9.26 Å². The number of ether oxygens (including phenoxy) is 1. The second-order valence-corrected chi connectivity index (χ2v) is 8.32. The summed E-state index contributed by atoms with van der Waals surface area (Å²) in [7, 11) is 1.63. The van der Waals surface area contributed by atoms with E-state index in [9.17, 15) is 4.79 Å². The lowest BCUT2D eigenvalue weighted by molar-refractivity contribution is -0.116. The van der Waals surface area contributed by atoms with Crippen molar-refractivity contribution < 1.29 is 14.1 Å². The molecule has 0 unspecified atom stereocenters. The first-order valence-corrected chi connectivity index (χ1v) is 10.3. The van der Waals surface area contributed by atoms with Crippen LogP contribution in [0.25, 0.3) is 11.3 Å². The Morgan fingerprint density at radius 2 is 2.19 bits per heavy atom. The Morgan fingerprint density at radius 3 is 2.93 bits per heavy atom. The molecule has 3 aromatic rings. The number of carbonyl (C=O) groups is 1. The third-order valence-electron chi connectivity index (χ3n) is 4.13. The molecule has 0 saturated heterocycles.